The fourth-order valence-corrected chi connectivity index (χ4v) is 4.22. The topological polar surface area (TPSA) is 150 Å². The molecule has 1 aliphatic carbocycles. The van der Waals surface area contributed by atoms with E-state index in [-0.39, 0.29) is 30.6 Å². The van der Waals surface area contributed by atoms with Gasteiger partial charge in [-0.2, -0.15) is 0 Å². The molecule has 0 aromatic heterocycles. The standard InChI is InChI=1S/C13H24BN3O5/c15-11(18)7-17-5-8-4-13(16,12(19)20)10(9(8)6-17)2-1-3-14(21)22/h8-10,21-22H,1-7,16H2,(H2,15,18)(H,19,20)/t8-,9+,10?,13?/m0/s1. The number of rotatable bonds is 7. The van der Waals surface area contributed by atoms with E-state index in [0.29, 0.717) is 32.4 Å². The molecule has 9 heteroatoms. The smallest absolute Gasteiger partial charge is 0.451 e. The molecule has 0 radical (unpaired) electrons. The molecule has 2 unspecified atom stereocenters. The largest absolute Gasteiger partial charge is 0.480 e. The Hall–Kier alpha value is -1.16. The van der Waals surface area contributed by atoms with Crippen LogP contribution in [-0.4, -0.2) is 64.2 Å². The minimum atomic E-state index is -1.39. The van der Waals surface area contributed by atoms with Gasteiger partial charge < -0.3 is 26.6 Å². The average Bonchev–Trinajstić information content (AvgIpc) is 2.85. The molecule has 0 bridgehead atoms. The lowest BCUT2D eigenvalue weighted by Gasteiger charge is -2.31. The second kappa shape index (κ2) is 6.53. The number of primary amides is 1. The Morgan fingerprint density at radius 3 is 2.55 bits per heavy atom. The average molecular weight is 313 g/mol. The highest BCUT2D eigenvalue weighted by molar-refractivity contribution is 6.40. The summed E-state index contributed by atoms with van der Waals surface area (Å²) in [6.45, 7) is 1.44. The summed E-state index contributed by atoms with van der Waals surface area (Å²) < 4.78 is 0. The van der Waals surface area contributed by atoms with Crippen molar-refractivity contribution in [2.75, 3.05) is 19.6 Å². The van der Waals surface area contributed by atoms with Crippen molar-refractivity contribution in [3.63, 3.8) is 0 Å². The molecule has 1 saturated heterocycles. The van der Waals surface area contributed by atoms with Crippen LogP contribution in [0.15, 0.2) is 0 Å². The SMILES string of the molecule is NC(=O)CN1C[C@@H]2CC(N)(C(=O)O)C(CCCB(O)O)[C@@H]2C1. The molecule has 2 aliphatic rings. The number of carboxylic acids is 1. The predicted octanol–water partition coefficient (Wildman–Crippen LogP) is -1.93. The van der Waals surface area contributed by atoms with Crippen LogP contribution in [0.5, 0.6) is 0 Å². The van der Waals surface area contributed by atoms with Crippen LogP contribution < -0.4 is 11.5 Å². The Morgan fingerprint density at radius 1 is 1.32 bits per heavy atom. The number of nitrogens with zero attached hydrogens (tertiary/aromatic N) is 1. The van der Waals surface area contributed by atoms with E-state index in [0.717, 1.165) is 0 Å². The summed E-state index contributed by atoms with van der Waals surface area (Å²) >= 11 is 0. The van der Waals surface area contributed by atoms with Crippen molar-refractivity contribution in [3.05, 3.63) is 0 Å². The van der Waals surface area contributed by atoms with Gasteiger partial charge in [0.15, 0.2) is 0 Å². The molecular formula is C13H24BN3O5. The molecule has 2 rings (SSSR count). The zero-order chi connectivity index (χ0) is 16.5. The molecule has 0 aromatic rings. The normalized spacial score (nSPS) is 34.6. The van der Waals surface area contributed by atoms with E-state index in [1.54, 1.807) is 0 Å². The van der Waals surface area contributed by atoms with Crippen LogP contribution in [0.3, 0.4) is 0 Å². The van der Waals surface area contributed by atoms with Crippen molar-refractivity contribution >= 4 is 19.0 Å². The van der Waals surface area contributed by atoms with Gasteiger partial charge in [0, 0.05) is 13.1 Å². The van der Waals surface area contributed by atoms with Crippen molar-refractivity contribution in [2.24, 2.45) is 29.2 Å². The molecule has 1 saturated carbocycles. The van der Waals surface area contributed by atoms with Crippen molar-refractivity contribution in [1.29, 1.82) is 0 Å². The Kier molecular flexibility index (Phi) is 5.11. The molecule has 0 spiro atoms. The quantitative estimate of drug-likeness (QED) is 0.344. The van der Waals surface area contributed by atoms with Crippen LogP contribution in [0.4, 0.5) is 0 Å². The first-order chi connectivity index (χ1) is 10.2. The minimum Gasteiger partial charge on any atom is -0.480 e. The molecule has 1 aliphatic heterocycles. The first-order valence-electron chi connectivity index (χ1n) is 7.63. The first-order valence-corrected chi connectivity index (χ1v) is 7.63. The van der Waals surface area contributed by atoms with Gasteiger partial charge in [0.05, 0.1) is 6.54 Å². The van der Waals surface area contributed by atoms with Gasteiger partial charge in [-0.15, -0.1) is 0 Å². The molecule has 8 nitrogen and oxygen atoms in total. The highest BCUT2D eigenvalue weighted by atomic mass is 16.4. The number of carboxylic acid groups (broad SMARTS) is 1. The van der Waals surface area contributed by atoms with Crippen molar-refractivity contribution in [1.82, 2.24) is 4.90 Å². The zero-order valence-corrected chi connectivity index (χ0v) is 12.5. The number of carbonyl (C=O) groups is 2. The number of aliphatic carboxylic acids is 1. The molecule has 0 aromatic carbocycles. The Bertz CT molecular complexity index is 449. The summed E-state index contributed by atoms with van der Waals surface area (Å²) in [5.41, 5.74) is 10.1. The fourth-order valence-electron chi connectivity index (χ4n) is 4.22. The fraction of sp³-hybridized carbons (Fsp3) is 0.846. The molecule has 124 valence electrons. The van der Waals surface area contributed by atoms with E-state index in [4.69, 9.17) is 21.5 Å². The van der Waals surface area contributed by atoms with Gasteiger partial charge in [0.1, 0.15) is 5.54 Å². The summed E-state index contributed by atoms with van der Waals surface area (Å²) in [5, 5.41) is 27.4. The van der Waals surface area contributed by atoms with Gasteiger partial charge in [0.2, 0.25) is 5.91 Å². The van der Waals surface area contributed by atoms with Crippen molar-refractivity contribution in [2.45, 2.75) is 31.1 Å². The second-order valence-corrected chi connectivity index (χ2v) is 6.65. The van der Waals surface area contributed by atoms with Gasteiger partial charge in [-0.05, 0) is 36.9 Å². The van der Waals surface area contributed by atoms with Gasteiger partial charge in [0.25, 0.3) is 0 Å². The van der Waals surface area contributed by atoms with Crippen LogP contribution in [0, 0.1) is 17.8 Å². The van der Waals surface area contributed by atoms with Crippen molar-refractivity contribution < 1.29 is 24.7 Å². The number of amides is 1. The van der Waals surface area contributed by atoms with Gasteiger partial charge >= 0.3 is 13.1 Å². The van der Waals surface area contributed by atoms with E-state index < -0.39 is 24.5 Å². The van der Waals surface area contributed by atoms with Crippen LogP contribution in [0.1, 0.15) is 19.3 Å². The van der Waals surface area contributed by atoms with E-state index in [1.165, 1.54) is 0 Å². The van der Waals surface area contributed by atoms with Gasteiger partial charge in [-0.25, -0.2) is 0 Å². The van der Waals surface area contributed by atoms with Crippen LogP contribution in [0.25, 0.3) is 0 Å². The summed E-state index contributed by atoms with van der Waals surface area (Å²) in [6, 6.07) is 0. The third-order valence-electron chi connectivity index (χ3n) is 5.10. The molecule has 1 amide bonds. The highest BCUT2D eigenvalue weighted by Crippen LogP contribution is 2.49. The van der Waals surface area contributed by atoms with Crippen molar-refractivity contribution in [3.8, 4) is 0 Å². The number of carbonyl (C=O) groups excluding carboxylic acids is 1. The Balaban J connectivity index is 2.06. The third kappa shape index (κ3) is 3.43. The van der Waals surface area contributed by atoms with E-state index in [2.05, 4.69) is 0 Å². The maximum absolute atomic E-state index is 11.6. The lowest BCUT2D eigenvalue weighted by atomic mass is 9.76. The van der Waals surface area contributed by atoms with E-state index in [1.807, 2.05) is 4.90 Å². The van der Waals surface area contributed by atoms with Gasteiger partial charge in [-0.3, -0.25) is 14.5 Å². The molecule has 7 N–H and O–H groups in total. The lowest BCUT2D eigenvalue weighted by molar-refractivity contribution is -0.145. The number of likely N-dealkylation sites (tertiary alicyclic amines) is 1. The van der Waals surface area contributed by atoms with Crippen LogP contribution in [0.2, 0.25) is 6.32 Å². The minimum absolute atomic E-state index is 0.108. The molecular weight excluding hydrogens is 289 g/mol. The summed E-state index contributed by atoms with van der Waals surface area (Å²) in [4.78, 5) is 24.6. The summed E-state index contributed by atoms with van der Waals surface area (Å²) in [6.07, 6.45) is 1.63. The van der Waals surface area contributed by atoms with E-state index >= 15 is 0 Å². The Morgan fingerprint density at radius 2 is 2.00 bits per heavy atom. The first kappa shape index (κ1) is 17.2. The molecule has 2 fully saturated rings. The monoisotopic (exact) mass is 313 g/mol. The predicted molar refractivity (Wildman–Crippen MR) is 79.5 cm³/mol. The number of fused-ring (bicyclic) bond motifs is 1. The zero-order valence-electron chi connectivity index (χ0n) is 12.5. The van der Waals surface area contributed by atoms with Crippen LogP contribution in [-0.2, 0) is 9.59 Å². The summed E-state index contributed by atoms with van der Waals surface area (Å²) in [5.74, 6) is -1.37. The number of nitrogens with two attached hydrogens (primary N) is 2. The number of hydrogen-bond donors (Lipinski definition) is 5. The molecule has 22 heavy (non-hydrogen) atoms. The van der Waals surface area contributed by atoms with Gasteiger partial charge in [-0.1, -0.05) is 6.42 Å². The van der Waals surface area contributed by atoms with Crippen LogP contribution >= 0.6 is 0 Å². The maximum atomic E-state index is 11.6. The number of hydrogen-bond acceptors (Lipinski definition) is 6. The van der Waals surface area contributed by atoms with E-state index in [9.17, 15) is 14.7 Å². The molecule has 4 atom stereocenters. The second-order valence-electron chi connectivity index (χ2n) is 6.65. The third-order valence-corrected chi connectivity index (χ3v) is 5.10. The lowest BCUT2D eigenvalue weighted by Crippen LogP contribution is -2.53. The Labute approximate surface area is 129 Å². The highest BCUT2D eigenvalue weighted by Gasteiger charge is 2.57. The summed E-state index contributed by atoms with van der Waals surface area (Å²) in [7, 11) is -1.39. The maximum Gasteiger partial charge on any atom is 0.451 e. The molecule has 1 heterocycles.